The van der Waals surface area contributed by atoms with Gasteiger partial charge in [0, 0.05) is 5.56 Å². The molecule has 2 aromatic carbocycles. The minimum Gasteiger partial charge on any atom is -0.507 e. The Hall–Kier alpha value is -3.06. The van der Waals surface area contributed by atoms with Crippen LogP contribution >= 0.6 is 11.6 Å². The van der Waals surface area contributed by atoms with Gasteiger partial charge in [0.25, 0.3) is 0 Å². The number of benzene rings is 2. The first-order valence-corrected chi connectivity index (χ1v) is 7.08. The number of rotatable bonds is 5. The second-order valence-electron chi connectivity index (χ2n) is 4.63. The number of hydrogen-bond donors (Lipinski definition) is 3. The van der Waals surface area contributed by atoms with Crippen LogP contribution in [-0.2, 0) is 0 Å². The quantitative estimate of drug-likeness (QED) is 0.327. The van der Waals surface area contributed by atoms with Crippen LogP contribution in [0.5, 0.6) is 17.2 Å². The fourth-order valence-corrected chi connectivity index (χ4v) is 2.08. The van der Waals surface area contributed by atoms with Crippen molar-refractivity contribution < 1.29 is 34.4 Å². The molecule has 0 aromatic heterocycles. The molecule has 3 N–H and O–H groups in total. The summed E-state index contributed by atoms with van der Waals surface area (Å²) >= 11 is 5.42. The molecule has 0 aliphatic rings. The van der Waals surface area contributed by atoms with E-state index in [0.717, 1.165) is 24.3 Å². The summed E-state index contributed by atoms with van der Waals surface area (Å²) < 4.78 is 4.94. The number of carboxylic acids is 1. The molecule has 7 nitrogen and oxygen atoms in total. The molecule has 0 amide bonds. The lowest BCUT2D eigenvalue weighted by Crippen LogP contribution is -2.13. The summed E-state index contributed by atoms with van der Waals surface area (Å²) in [4.78, 5) is 34.9. The predicted octanol–water partition coefficient (Wildman–Crippen LogP) is 2.44. The summed E-state index contributed by atoms with van der Waals surface area (Å²) in [6, 6.07) is 7.05. The van der Waals surface area contributed by atoms with Crippen LogP contribution in [0.2, 0.25) is 0 Å². The van der Waals surface area contributed by atoms with Gasteiger partial charge < -0.3 is 20.1 Å². The van der Waals surface area contributed by atoms with Crippen LogP contribution in [0.1, 0.15) is 31.1 Å². The predicted molar refractivity (Wildman–Crippen MR) is 83.2 cm³/mol. The maximum atomic E-state index is 12.1. The van der Waals surface area contributed by atoms with Crippen molar-refractivity contribution >= 4 is 29.3 Å². The fraction of sp³-hybridized carbons (Fsp3) is 0.0625. The van der Waals surface area contributed by atoms with Gasteiger partial charge in [0.2, 0.25) is 0 Å². The van der Waals surface area contributed by atoms with Gasteiger partial charge in [0.1, 0.15) is 28.4 Å². The van der Waals surface area contributed by atoms with Crippen LogP contribution in [0.15, 0.2) is 36.4 Å². The van der Waals surface area contributed by atoms with Crippen molar-refractivity contribution in [2.24, 2.45) is 0 Å². The molecule has 0 fully saturated rings. The number of carbonyl (C=O) groups is 3. The van der Waals surface area contributed by atoms with E-state index in [1.807, 2.05) is 0 Å². The summed E-state index contributed by atoms with van der Waals surface area (Å²) in [7, 11) is 0. The number of aromatic hydroxyl groups is 2. The van der Waals surface area contributed by atoms with Crippen molar-refractivity contribution in [1.29, 1.82) is 0 Å². The smallest absolute Gasteiger partial charge is 0.351 e. The van der Waals surface area contributed by atoms with Crippen molar-refractivity contribution in [3.8, 4) is 17.2 Å². The molecule has 24 heavy (non-hydrogen) atoms. The average molecular weight is 351 g/mol. The molecule has 0 saturated heterocycles. The molecule has 0 aliphatic heterocycles. The van der Waals surface area contributed by atoms with Crippen LogP contribution in [-0.4, -0.2) is 38.9 Å². The third-order valence-electron chi connectivity index (χ3n) is 3.08. The van der Waals surface area contributed by atoms with Gasteiger partial charge in [0.05, 0.1) is 5.88 Å². The molecule has 0 heterocycles. The molecule has 8 heteroatoms. The number of hydrogen-bond acceptors (Lipinski definition) is 6. The SMILES string of the molecule is O=C(CCl)c1ccc(OC(=O)c2c(O)cccc2O)c(C(=O)O)c1. The van der Waals surface area contributed by atoms with Crippen molar-refractivity contribution in [2.75, 3.05) is 5.88 Å². The molecule has 0 unspecified atom stereocenters. The highest BCUT2D eigenvalue weighted by Crippen LogP contribution is 2.29. The van der Waals surface area contributed by atoms with Crippen LogP contribution in [0.25, 0.3) is 0 Å². The van der Waals surface area contributed by atoms with Crippen LogP contribution in [0, 0.1) is 0 Å². The van der Waals surface area contributed by atoms with Gasteiger partial charge in [-0.25, -0.2) is 9.59 Å². The van der Waals surface area contributed by atoms with E-state index in [-0.39, 0.29) is 17.2 Å². The minimum atomic E-state index is -1.43. The maximum absolute atomic E-state index is 12.1. The Balaban J connectivity index is 2.40. The molecule has 0 atom stereocenters. The van der Waals surface area contributed by atoms with Gasteiger partial charge in [-0.15, -0.1) is 11.6 Å². The second-order valence-corrected chi connectivity index (χ2v) is 4.90. The number of phenolic OH excluding ortho intramolecular Hbond substituents is 2. The average Bonchev–Trinajstić information content (AvgIpc) is 2.54. The summed E-state index contributed by atoms with van der Waals surface area (Å²) in [5.41, 5.74) is -0.892. The highest BCUT2D eigenvalue weighted by Gasteiger charge is 2.22. The van der Waals surface area contributed by atoms with Gasteiger partial charge in [-0.2, -0.15) is 0 Å². The van der Waals surface area contributed by atoms with E-state index in [1.165, 1.54) is 12.1 Å². The zero-order valence-corrected chi connectivity index (χ0v) is 12.8. The van der Waals surface area contributed by atoms with Crippen LogP contribution in [0.4, 0.5) is 0 Å². The van der Waals surface area contributed by atoms with E-state index in [1.54, 1.807) is 0 Å². The zero-order valence-electron chi connectivity index (χ0n) is 12.0. The monoisotopic (exact) mass is 350 g/mol. The van der Waals surface area contributed by atoms with Gasteiger partial charge in [-0.1, -0.05) is 6.07 Å². The van der Waals surface area contributed by atoms with Gasteiger partial charge in [-0.05, 0) is 30.3 Å². The number of Topliss-reactive ketones (excluding diaryl/α,β-unsaturated/α-hetero) is 1. The highest BCUT2D eigenvalue weighted by molar-refractivity contribution is 6.30. The van der Waals surface area contributed by atoms with E-state index >= 15 is 0 Å². The molecule has 124 valence electrons. The van der Waals surface area contributed by atoms with Crippen molar-refractivity contribution in [3.63, 3.8) is 0 Å². The third kappa shape index (κ3) is 3.47. The first kappa shape index (κ1) is 17.3. The number of ketones is 1. The molecule has 0 aliphatic carbocycles. The van der Waals surface area contributed by atoms with Crippen molar-refractivity contribution in [3.05, 3.63) is 53.1 Å². The Bertz CT molecular complexity index is 809. The van der Waals surface area contributed by atoms with Crippen molar-refractivity contribution in [1.82, 2.24) is 0 Å². The lowest BCUT2D eigenvalue weighted by molar-refractivity contribution is 0.0680. The number of esters is 1. The highest BCUT2D eigenvalue weighted by atomic mass is 35.5. The van der Waals surface area contributed by atoms with Gasteiger partial charge in [0.15, 0.2) is 5.78 Å². The number of phenols is 2. The Morgan fingerprint density at radius 2 is 1.67 bits per heavy atom. The van der Waals surface area contributed by atoms with E-state index in [9.17, 15) is 29.7 Å². The molecule has 0 spiro atoms. The standard InChI is InChI=1S/C16H11ClO7/c17-7-12(20)8-4-5-13(9(6-8)15(21)22)24-16(23)14-10(18)2-1-3-11(14)19/h1-6,18-19H,7H2,(H,21,22). The first-order valence-electron chi connectivity index (χ1n) is 6.54. The number of alkyl halides is 1. The van der Waals surface area contributed by atoms with E-state index in [2.05, 4.69) is 0 Å². The van der Waals surface area contributed by atoms with Crippen molar-refractivity contribution in [2.45, 2.75) is 0 Å². The second kappa shape index (κ2) is 7.01. The normalized spacial score (nSPS) is 10.2. The zero-order chi connectivity index (χ0) is 17.9. The Morgan fingerprint density at radius 1 is 1.04 bits per heavy atom. The van der Waals surface area contributed by atoms with E-state index in [4.69, 9.17) is 16.3 Å². The number of aromatic carboxylic acids is 1. The number of halogens is 1. The Kier molecular flexibility index (Phi) is 5.05. The Labute approximate surface area is 140 Å². The molecular weight excluding hydrogens is 340 g/mol. The number of carbonyl (C=O) groups excluding carboxylic acids is 2. The fourth-order valence-electron chi connectivity index (χ4n) is 1.93. The lowest BCUT2D eigenvalue weighted by Gasteiger charge is -2.10. The van der Waals surface area contributed by atoms with Gasteiger partial charge in [-0.3, -0.25) is 4.79 Å². The summed E-state index contributed by atoms with van der Waals surface area (Å²) in [6.07, 6.45) is 0. The number of ether oxygens (including phenoxy) is 1. The summed E-state index contributed by atoms with van der Waals surface area (Å²) in [5, 5.41) is 28.5. The first-order chi connectivity index (χ1) is 11.3. The molecule has 2 rings (SSSR count). The van der Waals surface area contributed by atoms with Gasteiger partial charge >= 0.3 is 11.9 Å². The molecular formula is C16H11ClO7. The lowest BCUT2D eigenvalue weighted by atomic mass is 10.1. The number of carboxylic acid groups (broad SMARTS) is 1. The molecule has 0 saturated carbocycles. The molecule has 0 bridgehead atoms. The molecule has 0 radical (unpaired) electrons. The summed E-state index contributed by atoms with van der Waals surface area (Å²) in [6.45, 7) is 0. The maximum Gasteiger partial charge on any atom is 0.351 e. The topological polar surface area (TPSA) is 121 Å². The third-order valence-corrected chi connectivity index (χ3v) is 3.32. The van der Waals surface area contributed by atoms with E-state index in [0.29, 0.717) is 0 Å². The minimum absolute atomic E-state index is 0.0487. The Morgan fingerprint density at radius 3 is 2.21 bits per heavy atom. The summed E-state index contributed by atoms with van der Waals surface area (Å²) in [5.74, 6) is -4.79. The van der Waals surface area contributed by atoms with Crippen LogP contribution in [0.3, 0.4) is 0 Å². The van der Waals surface area contributed by atoms with E-state index < -0.39 is 40.3 Å². The largest absolute Gasteiger partial charge is 0.507 e. The van der Waals surface area contributed by atoms with Crippen LogP contribution < -0.4 is 4.74 Å². The molecule has 2 aromatic rings.